The van der Waals surface area contributed by atoms with Gasteiger partial charge in [-0.15, -0.1) is 11.3 Å². The third-order valence-electron chi connectivity index (χ3n) is 2.77. The number of hydrogen-bond acceptors (Lipinski definition) is 4. The molecule has 0 aliphatic carbocycles. The molecule has 19 heavy (non-hydrogen) atoms. The standard InChI is InChI=1S/C13H11BrO4S/c1-6(13(17)18)2-10(16)12-4-7-3-9(15)8(14)5-11(7)19-12/h3-6,15H,2H2,1H3,(H,17,18). The second-order valence-electron chi connectivity index (χ2n) is 4.32. The molecule has 1 heterocycles. The number of carboxylic acids is 1. The molecule has 4 nitrogen and oxygen atoms in total. The minimum absolute atomic E-state index is 0.0185. The number of halogens is 1. The number of Topliss-reactive ketones (excluding diaryl/α,β-unsaturated/α-hetero) is 1. The largest absolute Gasteiger partial charge is 0.507 e. The van der Waals surface area contributed by atoms with E-state index >= 15 is 0 Å². The minimum atomic E-state index is -0.977. The zero-order valence-electron chi connectivity index (χ0n) is 10.0. The van der Waals surface area contributed by atoms with Gasteiger partial charge in [-0.2, -0.15) is 0 Å². The molecule has 100 valence electrons. The Morgan fingerprint density at radius 2 is 2.05 bits per heavy atom. The molecule has 0 saturated carbocycles. The highest BCUT2D eigenvalue weighted by Gasteiger charge is 2.19. The summed E-state index contributed by atoms with van der Waals surface area (Å²) in [5.41, 5.74) is 0. The maximum absolute atomic E-state index is 12.0. The molecule has 1 atom stereocenters. The van der Waals surface area contributed by atoms with Crippen LogP contribution in [0.4, 0.5) is 0 Å². The molecular weight excluding hydrogens is 332 g/mol. The van der Waals surface area contributed by atoms with E-state index in [2.05, 4.69) is 15.9 Å². The number of carbonyl (C=O) groups is 2. The number of aromatic hydroxyl groups is 1. The van der Waals surface area contributed by atoms with Gasteiger partial charge in [-0.05, 0) is 39.5 Å². The van der Waals surface area contributed by atoms with Gasteiger partial charge < -0.3 is 10.2 Å². The van der Waals surface area contributed by atoms with Crippen LogP contribution < -0.4 is 0 Å². The highest BCUT2D eigenvalue weighted by Crippen LogP contribution is 2.34. The van der Waals surface area contributed by atoms with Crippen molar-refractivity contribution in [3.05, 3.63) is 27.5 Å². The summed E-state index contributed by atoms with van der Waals surface area (Å²) in [5, 5.41) is 19.2. The lowest BCUT2D eigenvalue weighted by atomic mass is 10.0. The molecule has 0 fully saturated rings. The van der Waals surface area contributed by atoms with E-state index in [1.165, 1.54) is 18.3 Å². The van der Waals surface area contributed by atoms with Gasteiger partial charge in [0.25, 0.3) is 0 Å². The van der Waals surface area contributed by atoms with Crippen LogP contribution in [0.1, 0.15) is 23.0 Å². The topological polar surface area (TPSA) is 74.6 Å². The number of hydrogen-bond donors (Lipinski definition) is 2. The van der Waals surface area contributed by atoms with Crippen molar-refractivity contribution >= 4 is 49.1 Å². The average molecular weight is 343 g/mol. The van der Waals surface area contributed by atoms with Crippen LogP contribution in [0.25, 0.3) is 10.1 Å². The van der Waals surface area contributed by atoms with Crippen LogP contribution >= 0.6 is 27.3 Å². The van der Waals surface area contributed by atoms with E-state index in [0.717, 1.165) is 10.1 Å². The Balaban J connectivity index is 2.31. The maximum atomic E-state index is 12.0. The van der Waals surface area contributed by atoms with Gasteiger partial charge in [0.2, 0.25) is 0 Å². The number of aliphatic carboxylic acids is 1. The van der Waals surface area contributed by atoms with Gasteiger partial charge in [-0.1, -0.05) is 6.92 Å². The monoisotopic (exact) mass is 342 g/mol. The molecule has 6 heteroatoms. The Kier molecular flexibility index (Phi) is 3.91. The molecule has 2 N–H and O–H groups in total. The summed E-state index contributed by atoms with van der Waals surface area (Å²) in [6.45, 7) is 1.51. The number of phenols is 1. The van der Waals surface area contributed by atoms with Crippen molar-refractivity contribution in [1.29, 1.82) is 0 Å². The van der Waals surface area contributed by atoms with Crippen LogP contribution in [-0.2, 0) is 4.79 Å². The van der Waals surface area contributed by atoms with Gasteiger partial charge in [-0.3, -0.25) is 9.59 Å². The Morgan fingerprint density at radius 3 is 2.68 bits per heavy atom. The number of phenolic OH excluding ortho intramolecular Hbond substituents is 1. The van der Waals surface area contributed by atoms with Gasteiger partial charge in [0.15, 0.2) is 5.78 Å². The predicted octanol–water partition coefficient (Wildman–Crippen LogP) is 3.66. The molecule has 0 aliphatic rings. The first kappa shape index (κ1) is 14.0. The van der Waals surface area contributed by atoms with Gasteiger partial charge in [0.1, 0.15) is 5.75 Å². The molecule has 0 amide bonds. The first-order chi connectivity index (χ1) is 8.88. The number of carbonyl (C=O) groups excluding carboxylic acids is 1. The van der Waals surface area contributed by atoms with Crippen LogP contribution in [0.2, 0.25) is 0 Å². The molecule has 0 aliphatic heterocycles. The Hall–Kier alpha value is -1.40. The third-order valence-corrected chi connectivity index (χ3v) is 4.55. The maximum Gasteiger partial charge on any atom is 0.306 e. The van der Waals surface area contributed by atoms with E-state index in [4.69, 9.17) is 5.11 Å². The second-order valence-corrected chi connectivity index (χ2v) is 6.26. The highest BCUT2D eigenvalue weighted by molar-refractivity contribution is 9.10. The highest BCUT2D eigenvalue weighted by atomic mass is 79.9. The van der Waals surface area contributed by atoms with E-state index in [0.29, 0.717) is 9.35 Å². The van der Waals surface area contributed by atoms with Crippen molar-refractivity contribution in [2.45, 2.75) is 13.3 Å². The third kappa shape index (κ3) is 2.96. The van der Waals surface area contributed by atoms with Crippen molar-refractivity contribution < 1.29 is 19.8 Å². The summed E-state index contributed by atoms with van der Waals surface area (Å²) in [5.74, 6) is -1.75. The molecule has 0 spiro atoms. The molecule has 0 radical (unpaired) electrons. The van der Waals surface area contributed by atoms with Crippen molar-refractivity contribution in [2.75, 3.05) is 0 Å². The second kappa shape index (κ2) is 5.30. The molecule has 0 saturated heterocycles. The average Bonchev–Trinajstić information content (AvgIpc) is 2.72. The SMILES string of the molecule is CC(CC(=O)c1cc2cc(O)c(Br)cc2s1)C(=O)O. The Bertz CT molecular complexity index is 623. The lowest BCUT2D eigenvalue weighted by Crippen LogP contribution is -2.13. The number of thiophene rings is 1. The van der Waals surface area contributed by atoms with E-state index in [9.17, 15) is 14.7 Å². The molecule has 2 rings (SSSR count). The number of rotatable bonds is 4. The number of benzene rings is 1. The summed E-state index contributed by atoms with van der Waals surface area (Å²) in [6, 6.07) is 5.00. The number of fused-ring (bicyclic) bond motifs is 1. The summed E-state index contributed by atoms with van der Waals surface area (Å²) < 4.78 is 1.44. The summed E-state index contributed by atoms with van der Waals surface area (Å²) >= 11 is 4.51. The summed E-state index contributed by atoms with van der Waals surface area (Å²) in [7, 11) is 0. The molecule has 1 unspecified atom stereocenters. The molecule has 1 aromatic heterocycles. The fourth-order valence-corrected chi connectivity index (χ4v) is 3.18. The first-order valence-corrected chi connectivity index (χ1v) is 7.17. The van der Waals surface area contributed by atoms with Gasteiger partial charge in [-0.25, -0.2) is 0 Å². The molecular formula is C13H11BrO4S. The van der Waals surface area contributed by atoms with Crippen molar-refractivity contribution in [3.8, 4) is 5.75 Å². The van der Waals surface area contributed by atoms with E-state index in [1.807, 2.05) is 0 Å². The zero-order chi connectivity index (χ0) is 14.2. The number of ketones is 1. The van der Waals surface area contributed by atoms with Crippen LogP contribution in [0.5, 0.6) is 5.75 Å². The van der Waals surface area contributed by atoms with Crippen LogP contribution in [0.3, 0.4) is 0 Å². The molecule has 1 aromatic carbocycles. The van der Waals surface area contributed by atoms with Gasteiger partial charge in [0.05, 0.1) is 15.3 Å². The van der Waals surface area contributed by atoms with E-state index in [1.54, 1.807) is 18.2 Å². The minimum Gasteiger partial charge on any atom is -0.507 e. The summed E-state index contributed by atoms with van der Waals surface area (Å²) in [6.07, 6.45) is -0.0185. The Morgan fingerprint density at radius 1 is 1.37 bits per heavy atom. The van der Waals surface area contributed by atoms with Crippen LogP contribution in [-0.4, -0.2) is 22.0 Å². The van der Waals surface area contributed by atoms with Gasteiger partial charge >= 0.3 is 5.97 Å². The first-order valence-electron chi connectivity index (χ1n) is 5.56. The summed E-state index contributed by atoms with van der Waals surface area (Å²) in [4.78, 5) is 23.2. The zero-order valence-corrected chi connectivity index (χ0v) is 12.4. The fourth-order valence-electron chi connectivity index (χ4n) is 1.65. The van der Waals surface area contributed by atoms with Crippen molar-refractivity contribution in [1.82, 2.24) is 0 Å². The lowest BCUT2D eigenvalue weighted by molar-refractivity contribution is -0.141. The fraction of sp³-hybridized carbons (Fsp3) is 0.231. The van der Waals surface area contributed by atoms with E-state index in [-0.39, 0.29) is 18.0 Å². The lowest BCUT2D eigenvalue weighted by Gasteiger charge is -2.02. The van der Waals surface area contributed by atoms with Crippen molar-refractivity contribution in [2.24, 2.45) is 5.92 Å². The smallest absolute Gasteiger partial charge is 0.306 e. The van der Waals surface area contributed by atoms with Gasteiger partial charge in [0, 0.05) is 11.1 Å². The van der Waals surface area contributed by atoms with Crippen molar-refractivity contribution in [3.63, 3.8) is 0 Å². The normalized spacial score (nSPS) is 12.5. The predicted molar refractivity (Wildman–Crippen MR) is 76.9 cm³/mol. The molecule has 2 aromatic rings. The quantitative estimate of drug-likeness (QED) is 0.831. The van der Waals surface area contributed by atoms with Crippen LogP contribution in [0.15, 0.2) is 22.7 Å². The van der Waals surface area contributed by atoms with Crippen LogP contribution in [0, 0.1) is 5.92 Å². The Labute approximate surface area is 121 Å². The molecule has 0 bridgehead atoms. The van der Waals surface area contributed by atoms with E-state index < -0.39 is 11.9 Å². The number of carboxylic acid groups (broad SMARTS) is 1.